The molecule has 0 saturated carbocycles. The van der Waals surface area contributed by atoms with E-state index < -0.39 is 9.84 Å². The first-order valence-corrected chi connectivity index (χ1v) is 13.5. The van der Waals surface area contributed by atoms with Crippen molar-refractivity contribution in [3.05, 3.63) is 0 Å². The number of amides is 1. The minimum absolute atomic E-state index is 0.0149. The molecule has 1 N–H and O–H groups in total. The van der Waals surface area contributed by atoms with Crippen LogP contribution in [-0.4, -0.2) is 32.9 Å². The van der Waals surface area contributed by atoms with E-state index in [0.29, 0.717) is 12.3 Å². The lowest BCUT2D eigenvalue weighted by molar-refractivity contribution is -0.121. The molecule has 0 rings (SSSR count). The molecule has 0 aliphatic rings. The number of nitrogens with one attached hydrogen (secondary N) is 1. The van der Waals surface area contributed by atoms with Gasteiger partial charge in [-0.05, 0) is 23.7 Å². The number of carbonyl (C=O) groups is 1. The molecule has 28 heavy (non-hydrogen) atoms. The van der Waals surface area contributed by atoms with Crippen LogP contribution in [0, 0.1) is 23.7 Å². The van der Waals surface area contributed by atoms with Crippen LogP contribution in [-0.2, 0) is 14.6 Å². The average Bonchev–Trinajstić information content (AvgIpc) is 2.53. The quantitative estimate of drug-likeness (QED) is 0.334. The predicted molar refractivity (Wildman–Crippen MR) is 121 cm³/mol. The van der Waals surface area contributed by atoms with E-state index in [0.717, 1.165) is 24.2 Å². The van der Waals surface area contributed by atoms with Crippen LogP contribution in [0.5, 0.6) is 0 Å². The summed E-state index contributed by atoms with van der Waals surface area (Å²) in [5.74, 6) is 2.78. The highest BCUT2D eigenvalue weighted by Gasteiger charge is 2.11. The summed E-state index contributed by atoms with van der Waals surface area (Å²) in [4.78, 5) is 11.8. The van der Waals surface area contributed by atoms with Gasteiger partial charge in [0.25, 0.3) is 0 Å². The van der Waals surface area contributed by atoms with E-state index in [1.54, 1.807) is 0 Å². The van der Waals surface area contributed by atoms with Crippen molar-refractivity contribution in [3.8, 4) is 0 Å². The molecule has 0 bridgehead atoms. The lowest BCUT2D eigenvalue weighted by Crippen LogP contribution is -2.29. The van der Waals surface area contributed by atoms with E-state index in [9.17, 15) is 13.2 Å². The van der Waals surface area contributed by atoms with Gasteiger partial charge in [-0.1, -0.05) is 92.4 Å². The van der Waals surface area contributed by atoms with Crippen molar-refractivity contribution in [2.75, 3.05) is 18.6 Å². The minimum Gasteiger partial charge on any atom is -0.355 e. The molecule has 0 aromatic heterocycles. The van der Waals surface area contributed by atoms with Crippen LogP contribution >= 0.6 is 0 Å². The molecule has 0 spiro atoms. The molecule has 0 aromatic carbocycles. The Bertz CT molecular complexity index is 502. The lowest BCUT2D eigenvalue weighted by Gasteiger charge is -2.16. The molecule has 168 valence electrons. The topological polar surface area (TPSA) is 63.2 Å². The molecule has 0 radical (unpaired) electrons. The second-order valence-corrected chi connectivity index (χ2v) is 11.9. The highest BCUT2D eigenvalue weighted by Crippen LogP contribution is 2.22. The second-order valence-electron chi connectivity index (χ2n) is 9.69. The summed E-state index contributed by atoms with van der Waals surface area (Å²) in [7, 11) is -3.01. The molecule has 0 heterocycles. The average molecular weight is 418 g/mol. The van der Waals surface area contributed by atoms with Gasteiger partial charge in [-0.15, -0.1) is 0 Å². The molecule has 0 fully saturated rings. The van der Waals surface area contributed by atoms with Crippen molar-refractivity contribution in [3.63, 3.8) is 0 Å². The molecule has 4 nitrogen and oxygen atoms in total. The minimum atomic E-state index is -3.01. The normalized spacial score (nSPS) is 15.4. The van der Waals surface area contributed by atoms with Gasteiger partial charge >= 0.3 is 0 Å². The summed E-state index contributed by atoms with van der Waals surface area (Å²) in [6, 6.07) is 0. The second kappa shape index (κ2) is 15.3. The number of hydrogen-bond donors (Lipinski definition) is 1. The molecule has 5 heteroatoms. The van der Waals surface area contributed by atoms with Crippen molar-refractivity contribution < 1.29 is 13.2 Å². The SMILES string of the molecule is CC(C)CCCC(C)CCCC(C)CCCC(C)CC(=O)NCCS(C)(=O)=O. The van der Waals surface area contributed by atoms with Crippen LogP contribution in [0.25, 0.3) is 0 Å². The van der Waals surface area contributed by atoms with Gasteiger partial charge in [0.2, 0.25) is 5.91 Å². The highest BCUT2D eigenvalue weighted by atomic mass is 32.2. The van der Waals surface area contributed by atoms with Gasteiger partial charge in [0, 0.05) is 19.2 Å². The van der Waals surface area contributed by atoms with E-state index >= 15 is 0 Å². The molecular formula is C23H47NO3S. The van der Waals surface area contributed by atoms with Crippen molar-refractivity contribution in [1.29, 1.82) is 0 Å². The maximum Gasteiger partial charge on any atom is 0.220 e. The zero-order valence-electron chi connectivity index (χ0n) is 19.4. The van der Waals surface area contributed by atoms with Crippen molar-refractivity contribution in [1.82, 2.24) is 5.32 Å². The van der Waals surface area contributed by atoms with Crippen LogP contribution in [0.1, 0.15) is 98.8 Å². The summed E-state index contributed by atoms with van der Waals surface area (Å²) in [6.07, 6.45) is 13.3. The maximum absolute atomic E-state index is 11.8. The lowest BCUT2D eigenvalue weighted by atomic mass is 9.90. The third kappa shape index (κ3) is 18.8. The predicted octanol–water partition coefficient (Wildman–Crippen LogP) is 5.61. The van der Waals surface area contributed by atoms with Gasteiger partial charge in [-0.3, -0.25) is 4.79 Å². The van der Waals surface area contributed by atoms with Crippen LogP contribution in [0.3, 0.4) is 0 Å². The van der Waals surface area contributed by atoms with Crippen LogP contribution in [0.4, 0.5) is 0 Å². The molecule has 0 aliphatic heterocycles. The van der Waals surface area contributed by atoms with Gasteiger partial charge in [0.1, 0.15) is 9.84 Å². The van der Waals surface area contributed by atoms with Crippen LogP contribution in [0.2, 0.25) is 0 Å². The molecule has 1 amide bonds. The third-order valence-corrected chi connectivity index (χ3v) is 6.54. The van der Waals surface area contributed by atoms with Gasteiger partial charge < -0.3 is 5.32 Å². The summed E-state index contributed by atoms with van der Waals surface area (Å²) in [5.41, 5.74) is 0. The highest BCUT2D eigenvalue weighted by molar-refractivity contribution is 7.90. The van der Waals surface area contributed by atoms with E-state index in [-0.39, 0.29) is 18.2 Å². The smallest absolute Gasteiger partial charge is 0.220 e. The summed E-state index contributed by atoms with van der Waals surface area (Å²) >= 11 is 0. The fourth-order valence-electron chi connectivity index (χ4n) is 3.66. The van der Waals surface area contributed by atoms with Crippen molar-refractivity contribution in [2.45, 2.75) is 98.8 Å². The largest absolute Gasteiger partial charge is 0.355 e. The zero-order valence-corrected chi connectivity index (χ0v) is 20.2. The summed E-state index contributed by atoms with van der Waals surface area (Å²) < 4.78 is 22.1. The van der Waals surface area contributed by atoms with Crippen LogP contribution < -0.4 is 5.32 Å². The van der Waals surface area contributed by atoms with Gasteiger partial charge in [-0.25, -0.2) is 8.42 Å². The fourth-order valence-corrected chi connectivity index (χ4v) is 4.13. The Morgan fingerprint density at radius 1 is 0.750 bits per heavy atom. The monoisotopic (exact) mass is 417 g/mol. The Hall–Kier alpha value is -0.580. The molecule has 0 aliphatic carbocycles. The molecule has 0 saturated heterocycles. The molecule has 3 atom stereocenters. The Kier molecular flexibility index (Phi) is 15.0. The number of rotatable bonds is 17. The van der Waals surface area contributed by atoms with Gasteiger partial charge in [0.05, 0.1) is 5.75 Å². The third-order valence-electron chi connectivity index (χ3n) is 5.59. The molecule has 3 unspecified atom stereocenters. The number of hydrogen-bond acceptors (Lipinski definition) is 3. The van der Waals surface area contributed by atoms with E-state index in [1.807, 2.05) is 0 Å². The summed E-state index contributed by atoms with van der Waals surface area (Å²) in [5, 5.41) is 2.71. The van der Waals surface area contributed by atoms with Gasteiger partial charge in [0.15, 0.2) is 0 Å². The van der Waals surface area contributed by atoms with Crippen molar-refractivity contribution in [2.24, 2.45) is 23.7 Å². The first-order chi connectivity index (χ1) is 13.0. The van der Waals surface area contributed by atoms with Crippen LogP contribution in [0.15, 0.2) is 0 Å². The summed E-state index contributed by atoms with van der Waals surface area (Å²) in [6.45, 7) is 11.7. The Labute approximate surface area is 175 Å². The Morgan fingerprint density at radius 2 is 1.18 bits per heavy atom. The van der Waals surface area contributed by atoms with E-state index in [1.165, 1.54) is 57.6 Å². The number of sulfone groups is 1. The molecule has 0 aromatic rings. The Balaban J connectivity index is 3.70. The Morgan fingerprint density at radius 3 is 1.61 bits per heavy atom. The first-order valence-electron chi connectivity index (χ1n) is 11.4. The standard InChI is InChI=1S/C23H47NO3S/c1-19(2)10-7-11-20(3)12-8-13-21(4)14-9-15-22(5)18-23(25)24-16-17-28(6,26)27/h19-22H,7-18H2,1-6H3,(H,24,25). The number of carbonyl (C=O) groups excluding carboxylic acids is 1. The van der Waals surface area contributed by atoms with Crippen molar-refractivity contribution >= 4 is 15.7 Å². The first kappa shape index (κ1) is 27.4. The zero-order chi connectivity index (χ0) is 21.6. The van der Waals surface area contributed by atoms with E-state index in [4.69, 9.17) is 0 Å². The fraction of sp³-hybridized carbons (Fsp3) is 0.957. The molecular weight excluding hydrogens is 370 g/mol. The van der Waals surface area contributed by atoms with E-state index in [2.05, 4.69) is 39.9 Å². The maximum atomic E-state index is 11.8. The van der Waals surface area contributed by atoms with Gasteiger partial charge in [-0.2, -0.15) is 0 Å².